The lowest BCUT2D eigenvalue weighted by Gasteiger charge is -1.82. The van der Waals surface area contributed by atoms with Gasteiger partial charge in [0.25, 0.3) is 0 Å². The van der Waals surface area contributed by atoms with Gasteiger partial charge in [-0.25, -0.2) is 0 Å². The minimum Gasteiger partial charge on any atom is -0.122 e. The molecule has 0 aromatic heterocycles. The highest BCUT2D eigenvalue weighted by atomic mass is 79.9. The highest BCUT2D eigenvalue weighted by Gasteiger charge is 1.76. The molecule has 0 spiro atoms. The first-order valence-corrected chi connectivity index (χ1v) is 3.69. The Morgan fingerprint density at radius 3 is 2.33 bits per heavy atom. The van der Waals surface area contributed by atoms with Crippen LogP contribution < -0.4 is 0 Å². The van der Waals surface area contributed by atoms with E-state index in [2.05, 4.69) is 15.9 Å². The van der Waals surface area contributed by atoms with Gasteiger partial charge in [-0.05, 0) is 29.1 Å². The molecule has 0 heterocycles. The van der Waals surface area contributed by atoms with Crippen molar-refractivity contribution in [2.24, 2.45) is 0 Å². The van der Waals surface area contributed by atoms with E-state index >= 15 is 0 Å². The maximum absolute atomic E-state index is 3.30. The van der Waals surface area contributed by atoms with Crippen LogP contribution in [0.15, 0.2) is 9.89 Å². The largest absolute Gasteiger partial charge is 0.122 e. The fourth-order valence-corrected chi connectivity index (χ4v) is 0.354. The quantitative estimate of drug-likeness (QED) is 0.578. The molecule has 0 saturated carbocycles. The van der Waals surface area contributed by atoms with Gasteiger partial charge in [-0.3, -0.25) is 0 Å². The van der Waals surface area contributed by atoms with E-state index in [9.17, 15) is 0 Å². The average Bonchev–Trinajstić information content (AvgIpc) is 1.65. The number of allylic oxidation sites excluding steroid dienone is 1. The van der Waals surface area contributed by atoms with Crippen LogP contribution in [0.1, 0.15) is 6.92 Å². The molecule has 0 unspecified atom stereocenters. The molecular weight excluding hydrogens is 160 g/mol. The van der Waals surface area contributed by atoms with Crippen molar-refractivity contribution in [2.45, 2.75) is 6.92 Å². The van der Waals surface area contributed by atoms with Gasteiger partial charge in [0.15, 0.2) is 0 Å². The molecule has 36 valence electrons. The molecule has 0 radical (unpaired) electrons. The second kappa shape index (κ2) is 3.75. The lowest BCUT2D eigenvalue weighted by atomic mass is 10.8. The minimum atomic E-state index is 1.20. The molecule has 6 heavy (non-hydrogen) atoms. The van der Waals surface area contributed by atoms with Gasteiger partial charge in [0.1, 0.15) is 0 Å². The van der Waals surface area contributed by atoms with Crippen molar-refractivity contribution in [3.05, 3.63) is 9.89 Å². The van der Waals surface area contributed by atoms with E-state index in [0.29, 0.717) is 0 Å². The molecule has 0 saturated heterocycles. The van der Waals surface area contributed by atoms with E-state index in [4.69, 9.17) is 0 Å². The topological polar surface area (TPSA) is 0 Å². The average molecular weight is 167 g/mol. The minimum absolute atomic E-state index is 1.20. The molecule has 0 aliphatic carbocycles. The molecule has 0 bridgehead atoms. The maximum Gasteiger partial charge on any atom is 0.0457 e. The summed E-state index contributed by atoms with van der Waals surface area (Å²) in [6.07, 6.45) is 4.05. The molecule has 0 amide bonds. The Kier molecular flexibility index (Phi) is 4.11. The second-order valence-corrected chi connectivity index (χ2v) is 3.02. The molecule has 0 nitrogen and oxygen atoms in total. The summed E-state index contributed by atoms with van der Waals surface area (Å²) in [6.45, 7) is 2.00. The molecular formula is C4H7BrS. The van der Waals surface area contributed by atoms with Crippen molar-refractivity contribution in [1.82, 2.24) is 0 Å². The summed E-state index contributed by atoms with van der Waals surface area (Å²) in [4.78, 5) is 0. The Balaban J connectivity index is 3.22. The summed E-state index contributed by atoms with van der Waals surface area (Å²) < 4.78 is 1.20. The summed E-state index contributed by atoms with van der Waals surface area (Å²) in [5.74, 6) is 0. The van der Waals surface area contributed by atoms with Crippen LogP contribution in [0.25, 0.3) is 0 Å². The zero-order chi connectivity index (χ0) is 4.99. The lowest BCUT2D eigenvalue weighted by Crippen LogP contribution is -1.49. The van der Waals surface area contributed by atoms with Crippen LogP contribution in [0.2, 0.25) is 0 Å². The molecule has 0 rings (SSSR count). The summed E-state index contributed by atoms with van der Waals surface area (Å²) >= 11 is 5.00. The van der Waals surface area contributed by atoms with E-state index in [1.165, 1.54) is 3.81 Å². The van der Waals surface area contributed by atoms with Gasteiger partial charge in [0.2, 0.25) is 0 Å². The van der Waals surface area contributed by atoms with Crippen LogP contribution >= 0.6 is 27.7 Å². The third-order valence-corrected chi connectivity index (χ3v) is 2.48. The van der Waals surface area contributed by atoms with Gasteiger partial charge in [0.05, 0.1) is 0 Å². The van der Waals surface area contributed by atoms with Crippen molar-refractivity contribution >= 4 is 27.7 Å². The SMILES string of the molecule is CC=C(Br)SC. The summed E-state index contributed by atoms with van der Waals surface area (Å²) in [7, 11) is 0. The Hall–Kier alpha value is 0.570. The van der Waals surface area contributed by atoms with Gasteiger partial charge < -0.3 is 0 Å². The molecule has 2 heteroatoms. The standard InChI is InChI=1S/C4H7BrS/c1-3-4(5)6-2/h3H,1-2H3. The van der Waals surface area contributed by atoms with Crippen molar-refractivity contribution in [3.63, 3.8) is 0 Å². The van der Waals surface area contributed by atoms with Crippen molar-refractivity contribution in [3.8, 4) is 0 Å². The van der Waals surface area contributed by atoms with Crippen molar-refractivity contribution in [2.75, 3.05) is 6.26 Å². The number of thioether (sulfide) groups is 1. The van der Waals surface area contributed by atoms with Crippen LogP contribution in [-0.2, 0) is 0 Å². The van der Waals surface area contributed by atoms with Crippen LogP contribution in [0.4, 0.5) is 0 Å². The van der Waals surface area contributed by atoms with Crippen molar-refractivity contribution in [1.29, 1.82) is 0 Å². The maximum atomic E-state index is 3.30. The number of rotatable bonds is 1. The van der Waals surface area contributed by atoms with Crippen molar-refractivity contribution < 1.29 is 0 Å². The van der Waals surface area contributed by atoms with Crippen LogP contribution in [-0.4, -0.2) is 6.26 Å². The van der Waals surface area contributed by atoms with E-state index in [-0.39, 0.29) is 0 Å². The first kappa shape index (κ1) is 6.57. The predicted molar refractivity (Wildman–Crippen MR) is 36.2 cm³/mol. The molecule has 0 N–H and O–H groups in total. The van der Waals surface area contributed by atoms with Gasteiger partial charge in [0, 0.05) is 3.81 Å². The summed E-state index contributed by atoms with van der Waals surface area (Å²) in [5.41, 5.74) is 0. The first-order chi connectivity index (χ1) is 2.81. The zero-order valence-electron chi connectivity index (χ0n) is 3.86. The Labute approximate surface area is 51.1 Å². The van der Waals surface area contributed by atoms with E-state index < -0.39 is 0 Å². The third-order valence-electron chi connectivity index (χ3n) is 0.422. The van der Waals surface area contributed by atoms with E-state index in [0.717, 1.165) is 0 Å². The Bertz CT molecular complexity index is 58.6. The lowest BCUT2D eigenvalue weighted by molar-refractivity contribution is 1.78. The molecule has 0 atom stereocenters. The highest BCUT2D eigenvalue weighted by Crippen LogP contribution is 2.16. The Morgan fingerprint density at radius 1 is 1.83 bits per heavy atom. The van der Waals surface area contributed by atoms with Crippen LogP contribution in [0, 0.1) is 0 Å². The zero-order valence-corrected chi connectivity index (χ0v) is 6.27. The fourth-order valence-electron chi connectivity index (χ4n) is 0.118. The highest BCUT2D eigenvalue weighted by molar-refractivity contribution is 9.14. The molecule has 0 aromatic rings. The summed E-state index contributed by atoms with van der Waals surface area (Å²) in [6, 6.07) is 0. The van der Waals surface area contributed by atoms with Gasteiger partial charge >= 0.3 is 0 Å². The molecule has 0 aromatic carbocycles. The summed E-state index contributed by atoms with van der Waals surface area (Å²) in [5, 5.41) is 0. The van der Waals surface area contributed by atoms with E-state index in [1.807, 2.05) is 19.3 Å². The van der Waals surface area contributed by atoms with Crippen LogP contribution in [0.3, 0.4) is 0 Å². The Morgan fingerprint density at radius 2 is 2.33 bits per heavy atom. The second-order valence-electron chi connectivity index (χ2n) is 0.797. The normalized spacial score (nSPS) is 12.2. The molecule has 0 aliphatic rings. The van der Waals surface area contributed by atoms with Gasteiger partial charge in [-0.1, -0.05) is 6.08 Å². The van der Waals surface area contributed by atoms with Crippen LogP contribution in [0.5, 0.6) is 0 Å². The molecule has 0 fully saturated rings. The number of halogens is 1. The first-order valence-electron chi connectivity index (χ1n) is 1.67. The monoisotopic (exact) mass is 166 g/mol. The third kappa shape index (κ3) is 2.79. The fraction of sp³-hybridized carbons (Fsp3) is 0.500. The van der Waals surface area contributed by atoms with E-state index in [1.54, 1.807) is 11.8 Å². The predicted octanol–water partition coefficient (Wildman–Crippen LogP) is 2.61. The smallest absolute Gasteiger partial charge is 0.0457 e. The van der Waals surface area contributed by atoms with Gasteiger partial charge in [-0.15, -0.1) is 11.8 Å². The van der Waals surface area contributed by atoms with Gasteiger partial charge in [-0.2, -0.15) is 0 Å². The molecule has 0 aliphatic heterocycles. The number of hydrogen-bond acceptors (Lipinski definition) is 1. The number of hydrogen-bond donors (Lipinski definition) is 0.